The Kier molecular flexibility index (Phi) is 3.95. The predicted molar refractivity (Wildman–Crippen MR) is 83.6 cm³/mol. The van der Waals surface area contributed by atoms with Crippen LogP contribution in [0.1, 0.15) is 51.0 Å². The minimum atomic E-state index is -0.726. The average Bonchev–Trinajstić information content (AvgIpc) is 2.45. The van der Waals surface area contributed by atoms with E-state index in [0.29, 0.717) is 5.92 Å². The Bertz CT molecular complexity index is 484. The lowest BCUT2D eigenvalue weighted by atomic mass is 9.66. The van der Waals surface area contributed by atoms with Crippen LogP contribution in [-0.4, -0.2) is 17.3 Å². The SMILES string of the molecule is CCC(O)(c1cccc(Br)c1)C1CCOC2(CCC2)C1. The molecule has 2 nitrogen and oxygen atoms in total. The first-order valence-electron chi connectivity index (χ1n) is 7.70. The van der Waals surface area contributed by atoms with Gasteiger partial charge >= 0.3 is 0 Å². The lowest BCUT2D eigenvalue weighted by molar-refractivity contribution is -0.178. The highest BCUT2D eigenvalue weighted by molar-refractivity contribution is 9.10. The monoisotopic (exact) mass is 338 g/mol. The summed E-state index contributed by atoms with van der Waals surface area (Å²) in [6, 6.07) is 8.14. The highest BCUT2D eigenvalue weighted by atomic mass is 79.9. The molecule has 1 aromatic rings. The van der Waals surface area contributed by atoms with Gasteiger partial charge in [-0.1, -0.05) is 35.0 Å². The minimum Gasteiger partial charge on any atom is -0.385 e. The van der Waals surface area contributed by atoms with Gasteiger partial charge in [-0.05, 0) is 62.1 Å². The molecule has 110 valence electrons. The van der Waals surface area contributed by atoms with E-state index in [1.54, 1.807) is 0 Å². The second-order valence-electron chi connectivity index (χ2n) is 6.36. The first kappa shape index (κ1) is 14.6. The van der Waals surface area contributed by atoms with Gasteiger partial charge < -0.3 is 9.84 Å². The van der Waals surface area contributed by atoms with Crippen molar-refractivity contribution in [3.05, 3.63) is 34.3 Å². The summed E-state index contributed by atoms with van der Waals surface area (Å²) in [6.07, 6.45) is 6.32. The molecule has 1 N–H and O–H groups in total. The van der Waals surface area contributed by atoms with Crippen molar-refractivity contribution in [3.63, 3.8) is 0 Å². The number of hydrogen-bond acceptors (Lipinski definition) is 2. The molecule has 0 amide bonds. The summed E-state index contributed by atoms with van der Waals surface area (Å²) in [5, 5.41) is 11.3. The predicted octanol–water partition coefficient (Wildman–Crippen LogP) is 4.40. The molecule has 1 aromatic carbocycles. The fourth-order valence-corrected chi connectivity index (χ4v) is 4.24. The maximum absolute atomic E-state index is 11.3. The second kappa shape index (κ2) is 5.43. The molecule has 1 spiro atoms. The third-order valence-corrected chi connectivity index (χ3v) is 5.79. The van der Waals surface area contributed by atoms with Gasteiger partial charge in [-0.25, -0.2) is 0 Å². The molecule has 1 aliphatic carbocycles. The fourth-order valence-electron chi connectivity index (χ4n) is 3.84. The summed E-state index contributed by atoms with van der Waals surface area (Å²) in [5.74, 6) is 0.302. The van der Waals surface area contributed by atoms with Gasteiger partial charge in [0, 0.05) is 11.1 Å². The Morgan fingerprint density at radius 2 is 2.25 bits per heavy atom. The number of halogens is 1. The van der Waals surface area contributed by atoms with Crippen molar-refractivity contribution in [3.8, 4) is 0 Å². The van der Waals surface area contributed by atoms with E-state index in [0.717, 1.165) is 35.9 Å². The number of ether oxygens (including phenoxy) is 1. The molecule has 1 saturated heterocycles. The molecule has 2 unspecified atom stereocenters. The van der Waals surface area contributed by atoms with E-state index in [1.807, 2.05) is 12.1 Å². The highest BCUT2D eigenvalue weighted by Crippen LogP contribution is 2.50. The Labute approximate surface area is 129 Å². The molecule has 2 aliphatic rings. The van der Waals surface area contributed by atoms with Crippen molar-refractivity contribution in [1.82, 2.24) is 0 Å². The summed E-state index contributed by atoms with van der Waals surface area (Å²) in [7, 11) is 0. The van der Waals surface area contributed by atoms with Crippen LogP contribution in [0.25, 0.3) is 0 Å². The molecule has 1 saturated carbocycles. The molecule has 2 atom stereocenters. The summed E-state index contributed by atoms with van der Waals surface area (Å²) in [6.45, 7) is 2.88. The van der Waals surface area contributed by atoms with E-state index in [9.17, 15) is 5.11 Å². The number of rotatable bonds is 3. The molecule has 1 heterocycles. The lowest BCUT2D eigenvalue weighted by Gasteiger charge is -2.51. The molecular weight excluding hydrogens is 316 g/mol. The molecule has 20 heavy (non-hydrogen) atoms. The van der Waals surface area contributed by atoms with Crippen LogP contribution in [0.5, 0.6) is 0 Å². The van der Waals surface area contributed by atoms with Crippen molar-refractivity contribution in [2.45, 2.75) is 56.7 Å². The van der Waals surface area contributed by atoms with Crippen LogP contribution in [0.4, 0.5) is 0 Å². The summed E-state index contributed by atoms with van der Waals surface area (Å²) in [4.78, 5) is 0. The molecule has 0 aromatic heterocycles. The second-order valence-corrected chi connectivity index (χ2v) is 7.28. The van der Waals surface area contributed by atoms with Crippen LogP contribution in [-0.2, 0) is 10.3 Å². The molecule has 3 heteroatoms. The van der Waals surface area contributed by atoms with E-state index < -0.39 is 5.60 Å². The van der Waals surface area contributed by atoms with Crippen molar-refractivity contribution >= 4 is 15.9 Å². The third-order valence-electron chi connectivity index (χ3n) is 5.30. The Hall–Kier alpha value is -0.380. The zero-order valence-corrected chi connectivity index (χ0v) is 13.7. The van der Waals surface area contributed by atoms with E-state index in [2.05, 4.69) is 35.0 Å². The van der Waals surface area contributed by atoms with Gasteiger partial charge in [-0.15, -0.1) is 0 Å². The van der Waals surface area contributed by atoms with Gasteiger partial charge in [0.05, 0.1) is 11.2 Å². The summed E-state index contributed by atoms with van der Waals surface area (Å²) < 4.78 is 7.05. The topological polar surface area (TPSA) is 29.5 Å². The van der Waals surface area contributed by atoms with Crippen molar-refractivity contribution in [2.24, 2.45) is 5.92 Å². The summed E-state index contributed by atoms with van der Waals surface area (Å²) >= 11 is 3.52. The quantitative estimate of drug-likeness (QED) is 0.885. The Morgan fingerprint density at radius 1 is 1.45 bits per heavy atom. The van der Waals surface area contributed by atoms with Crippen molar-refractivity contribution in [1.29, 1.82) is 0 Å². The third kappa shape index (κ3) is 2.44. The fraction of sp³-hybridized carbons (Fsp3) is 0.647. The van der Waals surface area contributed by atoms with Crippen molar-refractivity contribution < 1.29 is 9.84 Å². The smallest absolute Gasteiger partial charge is 0.0924 e. The number of hydrogen-bond donors (Lipinski definition) is 1. The van der Waals surface area contributed by atoms with Gasteiger partial charge in [-0.3, -0.25) is 0 Å². The minimum absolute atomic E-state index is 0.0814. The van der Waals surface area contributed by atoms with E-state index in [4.69, 9.17) is 4.74 Å². The molecule has 3 rings (SSSR count). The van der Waals surface area contributed by atoms with Gasteiger partial charge in [0.2, 0.25) is 0 Å². The highest BCUT2D eigenvalue weighted by Gasteiger charge is 2.48. The number of aliphatic hydroxyl groups is 1. The standard InChI is InChI=1S/C17H23BrO2/c1-2-17(19,13-5-3-6-15(18)11-13)14-7-10-20-16(12-14)8-4-9-16/h3,5-6,11,14,19H,2,4,7-10,12H2,1H3. The van der Waals surface area contributed by atoms with Gasteiger partial charge in [0.15, 0.2) is 0 Å². The van der Waals surface area contributed by atoms with Crippen LogP contribution in [0.3, 0.4) is 0 Å². The molecular formula is C17H23BrO2. The van der Waals surface area contributed by atoms with Gasteiger partial charge in [-0.2, -0.15) is 0 Å². The van der Waals surface area contributed by atoms with E-state index in [-0.39, 0.29) is 5.60 Å². The maximum Gasteiger partial charge on any atom is 0.0924 e. The van der Waals surface area contributed by atoms with Gasteiger partial charge in [0.25, 0.3) is 0 Å². The van der Waals surface area contributed by atoms with E-state index >= 15 is 0 Å². The maximum atomic E-state index is 11.3. The Morgan fingerprint density at radius 3 is 2.85 bits per heavy atom. The zero-order chi connectivity index (χ0) is 14.2. The first-order valence-corrected chi connectivity index (χ1v) is 8.50. The zero-order valence-electron chi connectivity index (χ0n) is 12.1. The van der Waals surface area contributed by atoms with Gasteiger partial charge in [0.1, 0.15) is 0 Å². The summed E-state index contributed by atoms with van der Waals surface area (Å²) in [5.41, 5.74) is 0.393. The first-order chi connectivity index (χ1) is 9.58. The normalized spacial score (nSPS) is 27.9. The molecule has 0 bridgehead atoms. The molecule has 1 aliphatic heterocycles. The molecule has 0 radical (unpaired) electrons. The van der Waals surface area contributed by atoms with Crippen LogP contribution < -0.4 is 0 Å². The lowest BCUT2D eigenvalue weighted by Crippen LogP contribution is -2.50. The Balaban J connectivity index is 1.87. The average molecular weight is 339 g/mol. The van der Waals surface area contributed by atoms with Crippen LogP contribution in [0.15, 0.2) is 28.7 Å². The molecule has 2 fully saturated rings. The van der Waals surface area contributed by atoms with Crippen LogP contribution in [0, 0.1) is 5.92 Å². The largest absolute Gasteiger partial charge is 0.385 e. The van der Waals surface area contributed by atoms with Crippen LogP contribution >= 0.6 is 15.9 Å². The van der Waals surface area contributed by atoms with Crippen LogP contribution in [0.2, 0.25) is 0 Å². The number of benzene rings is 1. The van der Waals surface area contributed by atoms with E-state index in [1.165, 1.54) is 19.3 Å². The van der Waals surface area contributed by atoms with Crippen molar-refractivity contribution in [2.75, 3.05) is 6.61 Å².